The summed E-state index contributed by atoms with van der Waals surface area (Å²) < 4.78 is 0. The first kappa shape index (κ1) is 7.58. The van der Waals surface area contributed by atoms with Gasteiger partial charge in [-0.05, 0) is 12.8 Å². The number of carbonyl (C=O) groups excluding carboxylic acids is 1. The molecule has 1 fully saturated rings. The molecular formula is C8H15NO. The van der Waals surface area contributed by atoms with Crippen LogP contribution in [0.25, 0.3) is 0 Å². The smallest absolute Gasteiger partial charge is 0.225 e. The summed E-state index contributed by atoms with van der Waals surface area (Å²) in [6.07, 6.45) is 3.27. The van der Waals surface area contributed by atoms with Gasteiger partial charge in [-0.25, -0.2) is 0 Å². The van der Waals surface area contributed by atoms with Crippen molar-refractivity contribution in [3.8, 4) is 0 Å². The normalized spacial score (nSPS) is 26.0. The van der Waals surface area contributed by atoms with Gasteiger partial charge in [0, 0.05) is 19.5 Å². The average Bonchev–Trinajstić information content (AvgIpc) is 2.20. The summed E-state index contributed by atoms with van der Waals surface area (Å²) in [5.74, 6) is 0.692. The van der Waals surface area contributed by atoms with Gasteiger partial charge >= 0.3 is 0 Å². The third-order valence-corrected chi connectivity index (χ3v) is 2.18. The van der Waals surface area contributed by atoms with Gasteiger partial charge in [-0.2, -0.15) is 0 Å². The number of carbonyl (C=O) groups is 1. The van der Waals surface area contributed by atoms with Crippen LogP contribution in [0.2, 0.25) is 0 Å². The Kier molecular flexibility index (Phi) is 2.30. The number of nitrogens with zero attached hydrogens (tertiary/aromatic N) is 1. The summed E-state index contributed by atoms with van der Waals surface area (Å²) in [5, 5.41) is 0. The van der Waals surface area contributed by atoms with Crippen molar-refractivity contribution >= 4 is 5.91 Å². The van der Waals surface area contributed by atoms with Crippen LogP contribution in [0.3, 0.4) is 0 Å². The van der Waals surface area contributed by atoms with Gasteiger partial charge in [-0.3, -0.25) is 4.79 Å². The minimum absolute atomic E-state index is 0.343. The third-order valence-electron chi connectivity index (χ3n) is 2.18. The highest BCUT2D eigenvalue weighted by molar-refractivity contribution is 5.80. The summed E-state index contributed by atoms with van der Waals surface area (Å²) >= 11 is 0. The van der Waals surface area contributed by atoms with Crippen LogP contribution in [-0.4, -0.2) is 24.4 Å². The molecule has 0 aliphatic carbocycles. The second-order valence-electron chi connectivity index (χ2n) is 3.03. The number of hydrogen-bond donors (Lipinski definition) is 0. The zero-order valence-corrected chi connectivity index (χ0v) is 6.76. The summed E-state index contributed by atoms with van der Waals surface area (Å²) in [5.41, 5.74) is 0. The van der Waals surface area contributed by atoms with E-state index < -0.39 is 0 Å². The maximum absolute atomic E-state index is 11.2. The Morgan fingerprint density at radius 3 is 2.80 bits per heavy atom. The lowest BCUT2D eigenvalue weighted by molar-refractivity contribution is -0.130. The standard InChI is InChI=1S/C8H15NO/c1-3-4-7-5-6-9(2)8(7)10/h7H,3-6H2,1-2H3/t7-/m0/s1. The predicted octanol–water partition coefficient (Wildman–Crippen LogP) is 1.26. The number of amides is 1. The van der Waals surface area contributed by atoms with E-state index in [1.54, 1.807) is 0 Å². The molecule has 0 aromatic rings. The first-order valence-corrected chi connectivity index (χ1v) is 4.00. The van der Waals surface area contributed by atoms with Crippen molar-refractivity contribution < 1.29 is 4.79 Å². The Hall–Kier alpha value is -0.530. The fourth-order valence-corrected chi connectivity index (χ4v) is 1.51. The molecule has 0 aromatic carbocycles. The van der Waals surface area contributed by atoms with Crippen molar-refractivity contribution in [2.75, 3.05) is 13.6 Å². The molecule has 0 radical (unpaired) electrons. The van der Waals surface area contributed by atoms with Crippen LogP contribution in [0.5, 0.6) is 0 Å². The monoisotopic (exact) mass is 141 g/mol. The summed E-state index contributed by atoms with van der Waals surface area (Å²) in [6.45, 7) is 3.09. The molecule has 1 amide bonds. The number of likely N-dealkylation sites (tertiary alicyclic amines) is 1. The van der Waals surface area contributed by atoms with E-state index in [0.717, 1.165) is 25.8 Å². The first-order valence-electron chi connectivity index (χ1n) is 4.00. The van der Waals surface area contributed by atoms with Crippen LogP contribution in [0.15, 0.2) is 0 Å². The second-order valence-corrected chi connectivity index (χ2v) is 3.03. The lowest BCUT2D eigenvalue weighted by atomic mass is 10.0. The van der Waals surface area contributed by atoms with E-state index in [2.05, 4.69) is 6.92 Å². The molecule has 58 valence electrons. The molecule has 0 unspecified atom stereocenters. The van der Waals surface area contributed by atoms with Crippen molar-refractivity contribution in [3.63, 3.8) is 0 Å². The van der Waals surface area contributed by atoms with E-state index in [1.165, 1.54) is 0 Å². The van der Waals surface area contributed by atoms with Gasteiger partial charge in [0.05, 0.1) is 0 Å². The van der Waals surface area contributed by atoms with Gasteiger partial charge in [0.15, 0.2) is 0 Å². The zero-order valence-electron chi connectivity index (χ0n) is 6.76. The van der Waals surface area contributed by atoms with Gasteiger partial charge in [-0.15, -0.1) is 0 Å². The molecule has 1 atom stereocenters. The van der Waals surface area contributed by atoms with Crippen molar-refractivity contribution in [2.24, 2.45) is 5.92 Å². The zero-order chi connectivity index (χ0) is 7.56. The first-order chi connectivity index (χ1) is 4.75. The second kappa shape index (κ2) is 3.04. The van der Waals surface area contributed by atoms with Crippen LogP contribution < -0.4 is 0 Å². The van der Waals surface area contributed by atoms with Crippen molar-refractivity contribution in [1.82, 2.24) is 4.90 Å². The van der Waals surface area contributed by atoms with E-state index in [9.17, 15) is 4.79 Å². The fraction of sp³-hybridized carbons (Fsp3) is 0.875. The highest BCUT2D eigenvalue weighted by Gasteiger charge is 2.27. The average molecular weight is 141 g/mol. The molecule has 0 N–H and O–H groups in total. The molecule has 1 aliphatic rings. The molecule has 0 saturated carbocycles. The van der Waals surface area contributed by atoms with Crippen LogP contribution in [0, 0.1) is 5.92 Å². The Bertz CT molecular complexity index is 131. The van der Waals surface area contributed by atoms with E-state index in [1.807, 2.05) is 11.9 Å². The van der Waals surface area contributed by atoms with E-state index in [0.29, 0.717) is 11.8 Å². The molecule has 1 heterocycles. The molecular weight excluding hydrogens is 126 g/mol. The Morgan fingerprint density at radius 2 is 2.40 bits per heavy atom. The molecule has 1 saturated heterocycles. The SMILES string of the molecule is CCC[C@H]1CCN(C)C1=O. The Labute approximate surface area is 62.2 Å². The maximum atomic E-state index is 11.2. The summed E-state index contributed by atoms with van der Waals surface area (Å²) in [4.78, 5) is 13.1. The highest BCUT2D eigenvalue weighted by Crippen LogP contribution is 2.20. The van der Waals surface area contributed by atoms with Crippen molar-refractivity contribution in [3.05, 3.63) is 0 Å². The Balaban J connectivity index is 2.41. The lowest BCUT2D eigenvalue weighted by Gasteiger charge is -2.08. The Morgan fingerprint density at radius 1 is 1.70 bits per heavy atom. The van der Waals surface area contributed by atoms with Gasteiger partial charge in [0.2, 0.25) is 5.91 Å². The molecule has 1 rings (SSSR count). The topological polar surface area (TPSA) is 20.3 Å². The summed E-state index contributed by atoms with van der Waals surface area (Å²) in [7, 11) is 1.89. The molecule has 10 heavy (non-hydrogen) atoms. The van der Waals surface area contributed by atoms with Crippen LogP contribution >= 0.6 is 0 Å². The predicted molar refractivity (Wildman–Crippen MR) is 40.7 cm³/mol. The highest BCUT2D eigenvalue weighted by atomic mass is 16.2. The van der Waals surface area contributed by atoms with Crippen LogP contribution in [0.1, 0.15) is 26.2 Å². The van der Waals surface area contributed by atoms with E-state index >= 15 is 0 Å². The van der Waals surface area contributed by atoms with E-state index in [4.69, 9.17) is 0 Å². The largest absolute Gasteiger partial charge is 0.345 e. The van der Waals surface area contributed by atoms with Crippen LogP contribution in [-0.2, 0) is 4.79 Å². The fourth-order valence-electron chi connectivity index (χ4n) is 1.51. The van der Waals surface area contributed by atoms with Gasteiger partial charge in [-0.1, -0.05) is 13.3 Å². The quantitative estimate of drug-likeness (QED) is 0.567. The summed E-state index contributed by atoms with van der Waals surface area (Å²) in [6, 6.07) is 0. The minimum Gasteiger partial charge on any atom is -0.345 e. The van der Waals surface area contributed by atoms with Gasteiger partial charge in [0.25, 0.3) is 0 Å². The number of hydrogen-bond acceptors (Lipinski definition) is 1. The van der Waals surface area contributed by atoms with Crippen LogP contribution in [0.4, 0.5) is 0 Å². The molecule has 0 aromatic heterocycles. The van der Waals surface area contributed by atoms with E-state index in [-0.39, 0.29) is 0 Å². The lowest BCUT2D eigenvalue weighted by Crippen LogP contribution is -2.22. The minimum atomic E-state index is 0.343. The van der Waals surface area contributed by atoms with Crippen molar-refractivity contribution in [1.29, 1.82) is 0 Å². The maximum Gasteiger partial charge on any atom is 0.225 e. The number of rotatable bonds is 2. The molecule has 0 spiro atoms. The van der Waals surface area contributed by atoms with Crippen molar-refractivity contribution in [2.45, 2.75) is 26.2 Å². The molecule has 0 bridgehead atoms. The molecule has 2 heteroatoms. The third kappa shape index (κ3) is 1.31. The molecule has 2 nitrogen and oxygen atoms in total. The van der Waals surface area contributed by atoms with Gasteiger partial charge in [0.1, 0.15) is 0 Å². The van der Waals surface area contributed by atoms with Gasteiger partial charge < -0.3 is 4.90 Å². The molecule has 1 aliphatic heterocycles.